The highest BCUT2D eigenvalue weighted by Crippen LogP contribution is 2.67. The van der Waals surface area contributed by atoms with Gasteiger partial charge < -0.3 is 15.3 Å². The van der Waals surface area contributed by atoms with Gasteiger partial charge in [0.2, 0.25) is 0 Å². The molecule has 0 aliphatic heterocycles. The average Bonchev–Trinajstić information content (AvgIpc) is 2.86. The number of hydrogen-bond donors (Lipinski definition) is 3. The summed E-state index contributed by atoms with van der Waals surface area (Å²) in [4.78, 5) is 24.3. The molecule has 5 nitrogen and oxygen atoms in total. The van der Waals surface area contributed by atoms with E-state index in [-0.39, 0.29) is 29.0 Å². The fourth-order valence-electron chi connectivity index (χ4n) is 7.20. The fourth-order valence-corrected chi connectivity index (χ4v) is 7.20. The first-order valence-electron chi connectivity index (χ1n) is 9.93. The number of Topliss-reactive ketones (excluding diaryl/α,β-unsaturated/α-hetero) is 2. The summed E-state index contributed by atoms with van der Waals surface area (Å²) in [6, 6.07) is 0. The van der Waals surface area contributed by atoms with Crippen LogP contribution in [0.25, 0.3) is 0 Å². The van der Waals surface area contributed by atoms with Crippen LogP contribution in [0.1, 0.15) is 58.8 Å². The van der Waals surface area contributed by atoms with Crippen molar-refractivity contribution in [3.05, 3.63) is 11.6 Å². The molecule has 4 rings (SSSR count). The molecule has 0 aromatic rings. The number of aliphatic hydroxyl groups excluding tert-OH is 2. The number of ketones is 2. The Bertz CT molecular complexity index is 684. The zero-order valence-corrected chi connectivity index (χ0v) is 15.7. The van der Waals surface area contributed by atoms with Crippen LogP contribution >= 0.6 is 0 Å². The van der Waals surface area contributed by atoms with Gasteiger partial charge in [0, 0.05) is 18.3 Å². The molecular formula is C21H30O5. The lowest BCUT2D eigenvalue weighted by molar-refractivity contribution is -0.180. The molecule has 0 aromatic carbocycles. The molecule has 7 atom stereocenters. The molecule has 3 fully saturated rings. The number of fused-ring (bicyclic) bond motifs is 5. The van der Waals surface area contributed by atoms with Gasteiger partial charge in [0.05, 0.1) is 6.10 Å². The fraction of sp³-hybridized carbons (Fsp3) is 0.810. The second-order valence-electron chi connectivity index (χ2n) is 9.56. The van der Waals surface area contributed by atoms with Crippen molar-refractivity contribution in [2.24, 2.45) is 28.6 Å². The zero-order chi connectivity index (χ0) is 18.9. The Hall–Kier alpha value is -1.04. The highest BCUT2D eigenvalue weighted by molar-refractivity contribution is 5.89. The first kappa shape index (κ1) is 18.3. The third kappa shape index (κ3) is 2.14. The van der Waals surface area contributed by atoms with Crippen LogP contribution in [0.3, 0.4) is 0 Å². The van der Waals surface area contributed by atoms with Gasteiger partial charge in [-0.3, -0.25) is 9.59 Å². The van der Waals surface area contributed by atoms with Crippen LogP contribution in [0.15, 0.2) is 11.6 Å². The molecule has 0 saturated heterocycles. The maximum Gasteiger partial charge on any atom is 0.190 e. The van der Waals surface area contributed by atoms with Crippen LogP contribution in [0.2, 0.25) is 0 Å². The summed E-state index contributed by atoms with van der Waals surface area (Å²) in [6.45, 7) is 3.45. The maximum absolute atomic E-state index is 12.4. The van der Waals surface area contributed by atoms with Crippen LogP contribution < -0.4 is 0 Å². The Morgan fingerprint density at radius 3 is 2.73 bits per heavy atom. The molecule has 7 unspecified atom stereocenters. The molecule has 0 aromatic heterocycles. The van der Waals surface area contributed by atoms with E-state index in [0.29, 0.717) is 25.7 Å². The van der Waals surface area contributed by atoms with Gasteiger partial charge >= 0.3 is 0 Å². The number of carbonyl (C=O) groups excluding carboxylic acids is 2. The van der Waals surface area contributed by atoms with E-state index in [1.54, 1.807) is 0 Å². The summed E-state index contributed by atoms with van der Waals surface area (Å²) in [5, 5.41) is 31.7. The molecule has 5 heteroatoms. The van der Waals surface area contributed by atoms with Gasteiger partial charge in [0.15, 0.2) is 5.78 Å². The molecule has 4 aliphatic carbocycles. The number of hydrogen-bond acceptors (Lipinski definition) is 5. The van der Waals surface area contributed by atoms with E-state index < -0.39 is 29.5 Å². The second-order valence-corrected chi connectivity index (χ2v) is 9.56. The van der Waals surface area contributed by atoms with Crippen LogP contribution in [-0.2, 0) is 9.59 Å². The molecule has 3 saturated carbocycles. The molecule has 3 N–H and O–H groups in total. The Kier molecular flexibility index (Phi) is 4.04. The Labute approximate surface area is 154 Å². The van der Waals surface area contributed by atoms with Crippen molar-refractivity contribution in [1.29, 1.82) is 0 Å². The molecule has 0 heterocycles. The summed E-state index contributed by atoms with van der Waals surface area (Å²) in [5.41, 5.74) is -1.25. The number of aliphatic hydroxyl groups is 3. The lowest BCUT2D eigenvalue weighted by Gasteiger charge is -2.59. The standard InChI is InChI=1S/C21H30O5/c1-19-7-5-13(23)9-12(19)3-4-14-15-6-8-21(26,17(25)11-22)20(15,2)10-16(24)18(14)19/h3,14-16,18,22,24,26H,4-11H2,1-2H3. The lowest BCUT2D eigenvalue weighted by atomic mass is 9.46. The maximum atomic E-state index is 12.4. The van der Waals surface area contributed by atoms with Crippen molar-refractivity contribution in [3.63, 3.8) is 0 Å². The summed E-state index contributed by atoms with van der Waals surface area (Å²) in [7, 11) is 0. The highest BCUT2D eigenvalue weighted by Gasteiger charge is 2.67. The van der Waals surface area contributed by atoms with Gasteiger partial charge in [-0.25, -0.2) is 0 Å². The largest absolute Gasteiger partial charge is 0.393 e. The van der Waals surface area contributed by atoms with Crippen LogP contribution in [0.4, 0.5) is 0 Å². The number of rotatable bonds is 2. The third-order valence-electron chi connectivity index (χ3n) is 8.63. The Balaban J connectivity index is 1.74. The molecular weight excluding hydrogens is 332 g/mol. The monoisotopic (exact) mass is 362 g/mol. The van der Waals surface area contributed by atoms with E-state index >= 15 is 0 Å². The van der Waals surface area contributed by atoms with Crippen LogP contribution in [-0.4, -0.2) is 45.2 Å². The van der Waals surface area contributed by atoms with Gasteiger partial charge in [-0.15, -0.1) is 0 Å². The molecule has 0 spiro atoms. The van der Waals surface area contributed by atoms with Gasteiger partial charge in [0.1, 0.15) is 18.0 Å². The van der Waals surface area contributed by atoms with Crippen LogP contribution in [0, 0.1) is 28.6 Å². The minimum atomic E-state index is -1.55. The smallest absolute Gasteiger partial charge is 0.190 e. The van der Waals surface area contributed by atoms with E-state index in [4.69, 9.17) is 0 Å². The van der Waals surface area contributed by atoms with Gasteiger partial charge in [-0.2, -0.15) is 0 Å². The van der Waals surface area contributed by atoms with Crippen LogP contribution in [0.5, 0.6) is 0 Å². The van der Waals surface area contributed by atoms with Crippen molar-refractivity contribution in [2.75, 3.05) is 6.61 Å². The van der Waals surface area contributed by atoms with Gasteiger partial charge in [-0.1, -0.05) is 25.5 Å². The Morgan fingerprint density at radius 2 is 2.04 bits per heavy atom. The molecule has 0 radical (unpaired) electrons. The van der Waals surface area contributed by atoms with Gasteiger partial charge in [-0.05, 0) is 55.3 Å². The van der Waals surface area contributed by atoms with E-state index in [1.165, 1.54) is 5.57 Å². The average molecular weight is 362 g/mol. The van der Waals surface area contributed by atoms with E-state index in [0.717, 1.165) is 19.3 Å². The zero-order valence-electron chi connectivity index (χ0n) is 15.7. The van der Waals surface area contributed by atoms with E-state index in [2.05, 4.69) is 13.0 Å². The number of allylic oxidation sites excluding steroid dienone is 2. The van der Waals surface area contributed by atoms with Crippen molar-refractivity contribution in [2.45, 2.75) is 70.5 Å². The van der Waals surface area contributed by atoms with Crippen molar-refractivity contribution >= 4 is 11.6 Å². The summed E-state index contributed by atoms with van der Waals surface area (Å²) in [6.07, 6.45) is 5.70. The SMILES string of the molecule is CC12CCC(=O)CC1=CCC1C2C(O)CC2(C)C1CCC2(O)C(=O)CO. The second kappa shape index (κ2) is 5.73. The lowest BCUT2D eigenvalue weighted by Crippen LogP contribution is -2.61. The Morgan fingerprint density at radius 1 is 1.31 bits per heavy atom. The minimum absolute atomic E-state index is 0.0697. The van der Waals surface area contributed by atoms with E-state index in [9.17, 15) is 24.9 Å². The first-order valence-corrected chi connectivity index (χ1v) is 9.93. The van der Waals surface area contributed by atoms with Crippen molar-refractivity contribution in [1.82, 2.24) is 0 Å². The molecule has 144 valence electrons. The third-order valence-corrected chi connectivity index (χ3v) is 8.63. The predicted octanol–water partition coefficient (Wildman–Crippen LogP) is 1.78. The predicted molar refractivity (Wildman–Crippen MR) is 95.1 cm³/mol. The number of carbonyl (C=O) groups is 2. The topological polar surface area (TPSA) is 94.8 Å². The molecule has 0 bridgehead atoms. The molecule has 0 amide bonds. The van der Waals surface area contributed by atoms with E-state index in [1.807, 2.05) is 6.92 Å². The van der Waals surface area contributed by atoms with Crippen molar-refractivity contribution in [3.8, 4) is 0 Å². The minimum Gasteiger partial charge on any atom is -0.393 e. The highest BCUT2D eigenvalue weighted by atomic mass is 16.3. The normalized spacial score (nSPS) is 50.5. The summed E-state index contributed by atoms with van der Waals surface area (Å²) >= 11 is 0. The first-order chi connectivity index (χ1) is 12.2. The molecule has 26 heavy (non-hydrogen) atoms. The quantitative estimate of drug-likeness (QED) is 0.651. The van der Waals surface area contributed by atoms with Crippen molar-refractivity contribution < 1.29 is 24.9 Å². The van der Waals surface area contributed by atoms with Gasteiger partial charge in [0.25, 0.3) is 0 Å². The molecule has 4 aliphatic rings. The summed E-state index contributed by atoms with van der Waals surface area (Å²) < 4.78 is 0. The summed E-state index contributed by atoms with van der Waals surface area (Å²) in [5.74, 6) is 0.177.